The second-order valence-electron chi connectivity index (χ2n) is 5.23. The number of aromatic hydroxyl groups is 1. The van der Waals surface area contributed by atoms with Gasteiger partial charge in [0.25, 0.3) is 5.91 Å². The Hall–Kier alpha value is -1.34. The molecule has 1 heterocycles. The standard InChI is InChI=1S/C15H20BrFN2O3/c1-3-19-6-4-5-9(19)8-18-15(21)12-13(17)10(16)7-11(20)14(12)22-2/h7,9,20H,3-6,8H2,1-2H3,(H,18,21)/t9-/m0/s1. The van der Waals surface area contributed by atoms with Gasteiger partial charge in [-0.25, -0.2) is 4.39 Å². The van der Waals surface area contributed by atoms with E-state index >= 15 is 0 Å². The Morgan fingerprint density at radius 1 is 1.64 bits per heavy atom. The number of carbonyl (C=O) groups is 1. The number of carbonyl (C=O) groups excluding carboxylic acids is 1. The van der Waals surface area contributed by atoms with E-state index < -0.39 is 11.7 Å². The molecule has 1 atom stereocenters. The third-order valence-electron chi connectivity index (χ3n) is 3.99. The van der Waals surface area contributed by atoms with Crippen molar-refractivity contribution in [2.24, 2.45) is 0 Å². The quantitative estimate of drug-likeness (QED) is 0.831. The number of hydrogen-bond acceptors (Lipinski definition) is 4. The van der Waals surface area contributed by atoms with E-state index in [1.807, 2.05) is 0 Å². The first-order valence-electron chi connectivity index (χ1n) is 7.26. The summed E-state index contributed by atoms with van der Waals surface area (Å²) < 4.78 is 19.2. The van der Waals surface area contributed by atoms with Crippen LogP contribution in [0, 0.1) is 5.82 Å². The van der Waals surface area contributed by atoms with Crippen molar-refractivity contribution in [2.75, 3.05) is 26.7 Å². The van der Waals surface area contributed by atoms with E-state index in [-0.39, 0.29) is 27.6 Å². The lowest BCUT2D eigenvalue weighted by Crippen LogP contribution is -2.40. The molecule has 2 rings (SSSR count). The maximum Gasteiger partial charge on any atom is 0.258 e. The fraction of sp³-hybridized carbons (Fsp3) is 0.533. The molecule has 1 saturated heterocycles. The number of rotatable bonds is 5. The van der Waals surface area contributed by atoms with Gasteiger partial charge in [0, 0.05) is 18.7 Å². The number of methoxy groups -OCH3 is 1. The van der Waals surface area contributed by atoms with E-state index in [2.05, 4.69) is 33.1 Å². The van der Waals surface area contributed by atoms with E-state index in [0.717, 1.165) is 25.9 Å². The van der Waals surface area contributed by atoms with E-state index in [9.17, 15) is 14.3 Å². The molecule has 2 N–H and O–H groups in total. The number of phenols is 1. The van der Waals surface area contributed by atoms with Gasteiger partial charge in [-0.15, -0.1) is 0 Å². The van der Waals surface area contributed by atoms with Gasteiger partial charge in [-0.1, -0.05) is 6.92 Å². The Morgan fingerprint density at radius 3 is 3.00 bits per heavy atom. The van der Waals surface area contributed by atoms with Crippen LogP contribution in [0.5, 0.6) is 11.5 Å². The van der Waals surface area contributed by atoms with Crippen molar-refractivity contribution in [3.8, 4) is 11.5 Å². The molecule has 0 unspecified atom stereocenters. The van der Waals surface area contributed by atoms with Gasteiger partial charge in [0.1, 0.15) is 5.56 Å². The molecular formula is C15H20BrFN2O3. The smallest absolute Gasteiger partial charge is 0.258 e. The van der Waals surface area contributed by atoms with Crippen LogP contribution in [0.3, 0.4) is 0 Å². The molecule has 7 heteroatoms. The summed E-state index contributed by atoms with van der Waals surface area (Å²) >= 11 is 2.99. The van der Waals surface area contributed by atoms with Gasteiger partial charge in [-0.05, 0) is 41.9 Å². The third kappa shape index (κ3) is 3.35. The van der Waals surface area contributed by atoms with E-state index in [0.29, 0.717) is 6.54 Å². The number of halogens is 2. The van der Waals surface area contributed by atoms with E-state index in [1.54, 1.807) is 0 Å². The molecule has 0 aromatic heterocycles. The Labute approximate surface area is 137 Å². The lowest BCUT2D eigenvalue weighted by atomic mass is 10.1. The SMILES string of the molecule is CCN1CCC[C@H]1CNC(=O)c1c(F)c(Br)cc(O)c1OC. The maximum absolute atomic E-state index is 14.2. The Bertz CT molecular complexity index is 568. The number of hydrogen-bond donors (Lipinski definition) is 2. The minimum atomic E-state index is -0.745. The lowest BCUT2D eigenvalue weighted by Gasteiger charge is -2.23. The van der Waals surface area contributed by atoms with Crippen LogP contribution in [0.15, 0.2) is 10.5 Å². The summed E-state index contributed by atoms with van der Waals surface area (Å²) in [5, 5.41) is 12.5. The summed E-state index contributed by atoms with van der Waals surface area (Å²) in [5.41, 5.74) is -0.282. The van der Waals surface area contributed by atoms with Crippen molar-refractivity contribution < 1.29 is 19.0 Å². The molecule has 1 aromatic rings. The zero-order chi connectivity index (χ0) is 16.3. The van der Waals surface area contributed by atoms with Gasteiger partial charge in [0.2, 0.25) is 0 Å². The maximum atomic E-state index is 14.2. The predicted molar refractivity (Wildman–Crippen MR) is 84.9 cm³/mol. The number of amides is 1. The first-order valence-corrected chi connectivity index (χ1v) is 8.06. The Morgan fingerprint density at radius 2 is 2.36 bits per heavy atom. The van der Waals surface area contributed by atoms with Crippen LogP contribution in [0.2, 0.25) is 0 Å². The molecule has 1 aromatic carbocycles. The van der Waals surface area contributed by atoms with Crippen LogP contribution in [-0.4, -0.2) is 48.7 Å². The van der Waals surface area contributed by atoms with Gasteiger partial charge in [0.15, 0.2) is 17.3 Å². The minimum Gasteiger partial charge on any atom is -0.504 e. The number of nitrogens with one attached hydrogen (secondary N) is 1. The highest BCUT2D eigenvalue weighted by Crippen LogP contribution is 2.36. The zero-order valence-electron chi connectivity index (χ0n) is 12.7. The summed E-state index contributed by atoms with van der Waals surface area (Å²) in [6, 6.07) is 1.43. The number of benzene rings is 1. The molecule has 122 valence electrons. The summed E-state index contributed by atoms with van der Waals surface area (Å²) in [7, 11) is 1.29. The first kappa shape index (κ1) is 17.0. The van der Waals surface area contributed by atoms with Gasteiger partial charge in [-0.3, -0.25) is 9.69 Å². The summed E-state index contributed by atoms with van der Waals surface area (Å²) in [5.74, 6) is -1.77. The molecule has 1 aliphatic rings. The van der Waals surface area contributed by atoms with Crippen LogP contribution in [-0.2, 0) is 0 Å². The number of likely N-dealkylation sites (N-methyl/N-ethyl adjacent to an activating group) is 1. The number of nitrogens with zero attached hydrogens (tertiary/aromatic N) is 1. The number of ether oxygens (including phenoxy) is 1. The molecular weight excluding hydrogens is 355 g/mol. The van der Waals surface area contributed by atoms with Crippen molar-refractivity contribution in [1.29, 1.82) is 0 Å². The topological polar surface area (TPSA) is 61.8 Å². The fourth-order valence-corrected chi connectivity index (χ4v) is 3.26. The zero-order valence-corrected chi connectivity index (χ0v) is 14.2. The first-order chi connectivity index (χ1) is 10.5. The average Bonchev–Trinajstić information content (AvgIpc) is 2.95. The van der Waals surface area contributed by atoms with Crippen LogP contribution >= 0.6 is 15.9 Å². The predicted octanol–water partition coefficient (Wildman–Crippen LogP) is 2.52. The van der Waals surface area contributed by atoms with Crippen LogP contribution in [0.4, 0.5) is 4.39 Å². The van der Waals surface area contributed by atoms with Crippen molar-refractivity contribution in [3.05, 3.63) is 21.9 Å². The monoisotopic (exact) mass is 374 g/mol. The minimum absolute atomic E-state index is 0.0204. The number of likely N-dealkylation sites (tertiary alicyclic amines) is 1. The van der Waals surface area contributed by atoms with E-state index in [1.165, 1.54) is 13.2 Å². The van der Waals surface area contributed by atoms with Gasteiger partial charge < -0.3 is 15.2 Å². The summed E-state index contributed by atoms with van der Waals surface area (Å²) in [4.78, 5) is 14.6. The molecule has 1 fully saturated rings. The van der Waals surface area contributed by atoms with E-state index in [4.69, 9.17) is 4.74 Å². The molecule has 1 aliphatic heterocycles. The molecule has 0 aliphatic carbocycles. The summed E-state index contributed by atoms with van der Waals surface area (Å²) in [6.07, 6.45) is 2.11. The third-order valence-corrected chi connectivity index (χ3v) is 4.56. The van der Waals surface area contributed by atoms with Crippen molar-refractivity contribution in [2.45, 2.75) is 25.8 Å². The second kappa shape index (κ2) is 7.28. The number of phenolic OH excluding ortho intramolecular Hbond substituents is 1. The van der Waals surface area contributed by atoms with Crippen LogP contribution in [0.25, 0.3) is 0 Å². The van der Waals surface area contributed by atoms with Crippen molar-refractivity contribution >= 4 is 21.8 Å². The van der Waals surface area contributed by atoms with Crippen molar-refractivity contribution in [3.63, 3.8) is 0 Å². The molecule has 0 saturated carbocycles. The molecule has 5 nitrogen and oxygen atoms in total. The van der Waals surface area contributed by atoms with Gasteiger partial charge in [0.05, 0.1) is 11.6 Å². The molecule has 22 heavy (non-hydrogen) atoms. The fourth-order valence-electron chi connectivity index (χ4n) is 2.85. The molecule has 0 bridgehead atoms. The molecule has 1 amide bonds. The van der Waals surface area contributed by atoms with Crippen LogP contribution < -0.4 is 10.1 Å². The highest BCUT2D eigenvalue weighted by Gasteiger charge is 2.27. The largest absolute Gasteiger partial charge is 0.504 e. The highest BCUT2D eigenvalue weighted by molar-refractivity contribution is 9.10. The molecule has 0 spiro atoms. The normalized spacial score (nSPS) is 18.5. The van der Waals surface area contributed by atoms with Crippen LogP contribution in [0.1, 0.15) is 30.1 Å². The summed E-state index contributed by atoms with van der Waals surface area (Å²) in [6.45, 7) is 4.47. The van der Waals surface area contributed by atoms with Gasteiger partial charge in [-0.2, -0.15) is 0 Å². The van der Waals surface area contributed by atoms with Gasteiger partial charge >= 0.3 is 0 Å². The van der Waals surface area contributed by atoms with Crippen molar-refractivity contribution in [1.82, 2.24) is 10.2 Å². The Kier molecular flexibility index (Phi) is 5.63. The highest BCUT2D eigenvalue weighted by atomic mass is 79.9. The lowest BCUT2D eigenvalue weighted by molar-refractivity contribution is 0.0933. The molecule has 0 radical (unpaired) electrons. The average molecular weight is 375 g/mol. The second-order valence-corrected chi connectivity index (χ2v) is 6.09. The Balaban J connectivity index is 2.16.